The van der Waals surface area contributed by atoms with E-state index in [2.05, 4.69) is 20.0 Å². The molecule has 246 valence electrons. The van der Waals surface area contributed by atoms with E-state index in [9.17, 15) is 4.79 Å². The van der Waals surface area contributed by atoms with Crippen LogP contribution in [0.4, 0.5) is 4.39 Å². The van der Waals surface area contributed by atoms with Crippen LogP contribution in [0.5, 0.6) is 0 Å². The van der Waals surface area contributed by atoms with E-state index in [4.69, 9.17) is 45.0 Å². The molecule has 0 unspecified atom stereocenters. The van der Waals surface area contributed by atoms with Gasteiger partial charge in [-0.15, -0.1) is 11.8 Å². The van der Waals surface area contributed by atoms with Crippen molar-refractivity contribution < 1.29 is 9.13 Å². The van der Waals surface area contributed by atoms with E-state index in [0.717, 1.165) is 28.9 Å². The van der Waals surface area contributed by atoms with Crippen molar-refractivity contribution in [3.8, 4) is 16.9 Å². The van der Waals surface area contributed by atoms with Crippen molar-refractivity contribution in [2.45, 2.75) is 56.3 Å². The highest BCUT2D eigenvalue weighted by Crippen LogP contribution is 2.32. The van der Waals surface area contributed by atoms with Crippen molar-refractivity contribution in [1.82, 2.24) is 14.5 Å². The quantitative estimate of drug-likeness (QED) is 0.0620. The van der Waals surface area contributed by atoms with Gasteiger partial charge in [0.1, 0.15) is 5.65 Å². The van der Waals surface area contributed by atoms with Gasteiger partial charge in [0.25, 0.3) is 0 Å². The van der Waals surface area contributed by atoms with E-state index in [1.165, 1.54) is 16.3 Å². The predicted octanol–water partition coefficient (Wildman–Crippen LogP) is 3.39. The number of fused-ring (bicyclic) bond motifs is 1. The number of aliphatic imine (C=N–C) groups is 2. The van der Waals surface area contributed by atoms with Crippen LogP contribution in [0, 0.1) is 5.82 Å². The van der Waals surface area contributed by atoms with Gasteiger partial charge in [0.05, 0.1) is 35.7 Å². The van der Waals surface area contributed by atoms with Crippen LogP contribution >= 0.6 is 23.4 Å². The number of hydrogen-bond acceptors (Lipinski definition) is 7. The molecular weight excluding hydrogens is 631 g/mol. The summed E-state index contributed by atoms with van der Waals surface area (Å²) in [7, 11) is 0. The zero-order valence-corrected chi connectivity index (χ0v) is 27.4. The van der Waals surface area contributed by atoms with Gasteiger partial charge < -0.3 is 38.4 Å². The van der Waals surface area contributed by atoms with Crippen molar-refractivity contribution >= 4 is 46.3 Å². The molecule has 2 aromatic heterocycles. The smallest absolute Gasteiger partial charge is 0.354 e. The molecule has 4 aromatic rings. The average molecular weight is 671 g/mol. The second kappa shape index (κ2) is 15.9. The Morgan fingerprint density at radius 1 is 1.13 bits per heavy atom. The molecular formula is C31H40ClFN10O2S. The molecule has 15 heteroatoms. The summed E-state index contributed by atoms with van der Waals surface area (Å²) in [6.45, 7) is 2.84. The van der Waals surface area contributed by atoms with Crippen LogP contribution < -0.4 is 34.4 Å². The standard InChI is InChI=1S/C31H40ClFN10O2S/c1-17(34)4-3-5-18-10-23(27(33)24(32)11-18)25-12-20-15-43(31(44)42-28(20)41-25)21-7-6-19(26(13-21)46-2)16-45-22(14-40-30(37)38)8-9-39-29(35)36/h6-7,10-13,15,17,22H,3-5,8-9,14,16,34H2,1-2H3,(H4,35,36,39)(H4,37,38,40)(H,41,42,44)/t17-,22+/m0/s1. The van der Waals surface area contributed by atoms with Crippen LogP contribution in [0.2, 0.25) is 5.02 Å². The number of H-pyrrole nitrogens is 1. The fourth-order valence-corrected chi connectivity index (χ4v) is 5.79. The van der Waals surface area contributed by atoms with E-state index in [1.54, 1.807) is 24.4 Å². The van der Waals surface area contributed by atoms with Crippen LogP contribution in [-0.2, 0) is 17.8 Å². The topological polar surface area (TPSA) is 215 Å². The van der Waals surface area contributed by atoms with Gasteiger partial charge in [-0.3, -0.25) is 14.6 Å². The lowest BCUT2D eigenvalue weighted by atomic mass is 10.0. The van der Waals surface area contributed by atoms with Crippen LogP contribution in [0.15, 0.2) is 62.3 Å². The molecule has 0 bridgehead atoms. The van der Waals surface area contributed by atoms with Gasteiger partial charge in [-0.25, -0.2) is 9.18 Å². The summed E-state index contributed by atoms with van der Waals surface area (Å²) in [4.78, 5) is 29.5. The SMILES string of the molecule is CSc1cc(-n2cc3cc(-c4cc(CCC[C@H](C)N)cc(Cl)c4F)[nH]c3nc2=O)ccc1CO[C@H](CCN=C(N)N)CN=C(N)N. The Bertz CT molecular complexity index is 1780. The number of nitrogens with zero attached hydrogens (tertiary/aromatic N) is 4. The third-order valence-corrected chi connectivity index (χ3v) is 8.35. The van der Waals surface area contributed by atoms with Gasteiger partial charge >= 0.3 is 5.69 Å². The van der Waals surface area contributed by atoms with Gasteiger partial charge in [-0.2, -0.15) is 4.98 Å². The Morgan fingerprint density at radius 2 is 1.89 bits per heavy atom. The number of guanidine groups is 2. The monoisotopic (exact) mass is 670 g/mol. The van der Waals surface area contributed by atoms with Crippen LogP contribution in [0.1, 0.15) is 37.3 Å². The maximum Gasteiger partial charge on any atom is 0.354 e. The number of nitrogens with one attached hydrogen (secondary N) is 1. The summed E-state index contributed by atoms with van der Waals surface area (Å²) >= 11 is 7.77. The number of thioether (sulfide) groups is 1. The number of nitrogens with two attached hydrogens (primary N) is 5. The number of aromatic amines is 1. The molecule has 0 amide bonds. The lowest BCUT2D eigenvalue weighted by molar-refractivity contribution is 0.0418. The molecule has 0 aliphatic heterocycles. The molecule has 11 N–H and O–H groups in total. The first-order chi connectivity index (χ1) is 21.9. The third kappa shape index (κ3) is 9.22. The average Bonchev–Trinajstić information content (AvgIpc) is 3.41. The minimum absolute atomic E-state index is 0.00540. The minimum Gasteiger partial charge on any atom is -0.372 e. The van der Waals surface area contributed by atoms with Gasteiger partial charge in [-0.05, 0) is 80.3 Å². The first-order valence-electron chi connectivity index (χ1n) is 14.7. The molecule has 46 heavy (non-hydrogen) atoms. The maximum absolute atomic E-state index is 15.2. The molecule has 12 nitrogen and oxygen atoms in total. The highest BCUT2D eigenvalue weighted by molar-refractivity contribution is 7.98. The Kier molecular flexibility index (Phi) is 12.0. The zero-order valence-electron chi connectivity index (χ0n) is 25.8. The first-order valence-corrected chi connectivity index (χ1v) is 16.3. The number of hydrogen-bond donors (Lipinski definition) is 6. The van der Waals surface area contributed by atoms with E-state index in [0.29, 0.717) is 47.4 Å². The fraction of sp³-hybridized carbons (Fsp3) is 0.355. The largest absolute Gasteiger partial charge is 0.372 e. The molecule has 0 aliphatic carbocycles. The lowest BCUT2D eigenvalue weighted by Crippen LogP contribution is -2.27. The second-order valence-corrected chi connectivity index (χ2v) is 12.2. The lowest BCUT2D eigenvalue weighted by Gasteiger charge is -2.17. The van der Waals surface area contributed by atoms with Crippen LogP contribution in [-0.4, -0.2) is 57.9 Å². The number of aromatic nitrogens is 3. The van der Waals surface area contributed by atoms with E-state index in [-0.39, 0.29) is 42.2 Å². The molecule has 0 saturated heterocycles. The Morgan fingerprint density at radius 3 is 2.59 bits per heavy atom. The Balaban J connectivity index is 1.58. The summed E-state index contributed by atoms with van der Waals surface area (Å²) in [6.07, 6.45) is 6.22. The molecule has 4 rings (SSSR count). The Labute approximate surface area is 275 Å². The predicted molar refractivity (Wildman–Crippen MR) is 185 cm³/mol. The van der Waals surface area contributed by atoms with Gasteiger partial charge in [0.15, 0.2) is 17.7 Å². The second-order valence-electron chi connectivity index (χ2n) is 11.0. The van der Waals surface area contributed by atoms with Crippen molar-refractivity contribution in [3.63, 3.8) is 0 Å². The molecule has 2 aromatic carbocycles. The van der Waals surface area contributed by atoms with Crippen molar-refractivity contribution in [3.05, 3.63) is 75.0 Å². The van der Waals surface area contributed by atoms with E-state index < -0.39 is 11.5 Å². The van der Waals surface area contributed by atoms with E-state index >= 15 is 4.39 Å². The molecule has 0 fully saturated rings. The fourth-order valence-electron chi connectivity index (χ4n) is 4.92. The number of benzene rings is 2. The summed E-state index contributed by atoms with van der Waals surface area (Å²) in [5.74, 6) is -0.585. The summed E-state index contributed by atoms with van der Waals surface area (Å²) in [6, 6.07) is 10.9. The molecule has 2 heterocycles. The zero-order chi connectivity index (χ0) is 33.4. The van der Waals surface area contributed by atoms with E-state index in [1.807, 2.05) is 31.4 Å². The summed E-state index contributed by atoms with van der Waals surface area (Å²) in [5, 5.41) is 0.665. The molecule has 0 aliphatic rings. The highest BCUT2D eigenvalue weighted by atomic mass is 35.5. The van der Waals surface area contributed by atoms with Crippen molar-refractivity contribution in [2.24, 2.45) is 38.7 Å². The maximum atomic E-state index is 15.2. The minimum atomic E-state index is -0.543. The highest BCUT2D eigenvalue weighted by Gasteiger charge is 2.17. The number of rotatable bonds is 15. The van der Waals surface area contributed by atoms with Crippen LogP contribution in [0.3, 0.4) is 0 Å². The third-order valence-electron chi connectivity index (χ3n) is 7.26. The molecule has 0 saturated carbocycles. The van der Waals surface area contributed by atoms with Crippen molar-refractivity contribution in [2.75, 3.05) is 19.3 Å². The van der Waals surface area contributed by atoms with Crippen LogP contribution in [0.25, 0.3) is 28.0 Å². The number of halogens is 2. The van der Waals surface area contributed by atoms with Gasteiger partial charge in [0.2, 0.25) is 0 Å². The van der Waals surface area contributed by atoms with Gasteiger partial charge in [-0.1, -0.05) is 17.7 Å². The summed E-state index contributed by atoms with van der Waals surface area (Å²) < 4.78 is 22.7. The number of ether oxygens (including phenoxy) is 1. The normalized spacial score (nSPS) is 12.6. The van der Waals surface area contributed by atoms with Gasteiger partial charge in [0, 0.05) is 34.6 Å². The number of aryl methyl sites for hydroxylation is 1. The summed E-state index contributed by atoms with van der Waals surface area (Å²) in [5.41, 5.74) is 30.8. The first kappa shape index (κ1) is 34.8. The Hall–Kier alpha value is -4.11. The molecule has 0 spiro atoms. The van der Waals surface area contributed by atoms with Crippen molar-refractivity contribution in [1.29, 1.82) is 0 Å². The molecule has 0 radical (unpaired) electrons. The molecule has 2 atom stereocenters.